The number of phosphoric acid groups is 2. The minimum absolute atomic E-state index is 0.103. The van der Waals surface area contributed by atoms with Gasteiger partial charge in [0, 0.05) is 25.7 Å². The zero-order valence-electron chi connectivity index (χ0n) is 55.9. The fourth-order valence-electron chi connectivity index (χ4n) is 9.89. The molecule has 0 aromatic rings. The van der Waals surface area contributed by atoms with E-state index in [1.165, 1.54) is 116 Å². The van der Waals surface area contributed by atoms with Crippen LogP contribution in [0.3, 0.4) is 0 Å². The van der Waals surface area contributed by atoms with Gasteiger partial charge in [-0.3, -0.25) is 37.3 Å². The number of hydrogen-bond donors (Lipinski definition) is 3. The van der Waals surface area contributed by atoms with Crippen molar-refractivity contribution in [3.05, 3.63) is 0 Å². The molecule has 0 aliphatic heterocycles. The molecule has 0 saturated heterocycles. The summed E-state index contributed by atoms with van der Waals surface area (Å²) in [5.41, 5.74) is 0. The van der Waals surface area contributed by atoms with Gasteiger partial charge in [0.05, 0.1) is 26.4 Å². The summed E-state index contributed by atoms with van der Waals surface area (Å²) < 4.78 is 68.1. The van der Waals surface area contributed by atoms with Gasteiger partial charge in [0.1, 0.15) is 19.3 Å². The molecule has 19 heteroatoms. The van der Waals surface area contributed by atoms with E-state index < -0.39 is 97.5 Å². The van der Waals surface area contributed by atoms with Gasteiger partial charge in [-0.1, -0.05) is 274 Å². The highest BCUT2D eigenvalue weighted by Crippen LogP contribution is 2.45. The number of aliphatic hydroxyl groups is 1. The van der Waals surface area contributed by atoms with Crippen molar-refractivity contribution < 1.29 is 80.2 Å². The van der Waals surface area contributed by atoms with Crippen molar-refractivity contribution in [1.82, 2.24) is 0 Å². The van der Waals surface area contributed by atoms with Gasteiger partial charge in [0.15, 0.2) is 12.2 Å². The van der Waals surface area contributed by atoms with Gasteiger partial charge >= 0.3 is 39.5 Å². The topological polar surface area (TPSA) is 237 Å². The van der Waals surface area contributed by atoms with Crippen LogP contribution in [0.5, 0.6) is 0 Å². The van der Waals surface area contributed by atoms with E-state index in [1.54, 1.807) is 0 Å². The average Bonchev–Trinajstić information content (AvgIpc) is 3.65. The molecule has 0 aliphatic carbocycles. The maximum atomic E-state index is 13.0. The fraction of sp³-hybridized carbons (Fsp3) is 0.940. The van der Waals surface area contributed by atoms with Crippen molar-refractivity contribution in [3.8, 4) is 0 Å². The smallest absolute Gasteiger partial charge is 0.462 e. The first-order valence-electron chi connectivity index (χ1n) is 34.8. The monoisotopic (exact) mass is 1270 g/mol. The molecule has 0 rings (SSSR count). The first-order chi connectivity index (χ1) is 41.2. The number of unbranched alkanes of at least 4 members (excludes halogenated alkanes) is 28. The molecule has 86 heavy (non-hydrogen) atoms. The highest BCUT2D eigenvalue weighted by atomic mass is 31.2. The molecule has 0 fully saturated rings. The number of ether oxygens (including phenoxy) is 4. The molecule has 0 amide bonds. The molecule has 3 N–H and O–H groups in total. The van der Waals surface area contributed by atoms with Gasteiger partial charge in [0.2, 0.25) is 0 Å². The van der Waals surface area contributed by atoms with Crippen LogP contribution in [0, 0.1) is 23.7 Å². The highest BCUT2D eigenvalue weighted by Gasteiger charge is 2.30. The van der Waals surface area contributed by atoms with E-state index in [0.717, 1.165) is 126 Å². The maximum Gasteiger partial charge on any atom is 0.472 e. The van der Waals surface area contributed by atoms with Gasteiger partial charge < -0.3 is 33.8 Å². The first-order valence-corrected chi connectivity index (χ1v) is 37.8. The summed E-state index contributed by atoms with van der Waals surface area (Å²) in [7, 11) is -9.90. The van der Waals surface area contributed by atoms with Crippen LogP contribution < -0.4 is 0 Å². The summed E-state index contributed by atoms with van der Waals surface area (Å²) in [5, 5.41) is 10.6. The lowest BCUT2D eigenvalue weighted by molar-refractivity contribution is -0.161. The molecule has 0 aliphatic rings. The Bertz CT molecular complexity index is 1720. The van der Waals surface area contributed by atoms with Gasteiger partial charge in [-0.05, 0) is 49.4 Å². The second-order valence-electron chi connectivity index (χ2n) is 25.6. The molecule has 510 valence electrons. The summed E-state index contributed by atoms with van der Waals surface area (Å²) in [5.74, 6) is 0.820. The standard InChI is InChI=1S/C67H130O17P2/c1-9-59(7)45-37-29-23-25-31-39-47-64(69)77-53-62(83-66(71)49-41-33-21-16-14-12-11-13-15-19-27-35-43-57(3)4)55-81-85(73,74)79-51-61(68)52-80-86(75,76)82-56-63(54-78-65(70)48-40-32-26-24-30-38-46-60(8)10-2)84-67(72)50-42-34-22-18-17-20-28-36-44-58(5)6/h57-63,68H,9-56H2,1-8H3,(H,73,74)(H,75,76)/t59?,60?,61-,62-,63-/m1/s1. The summed E-state index contributed by atoms with van der Waals surface area (Å²) >= 11 is 0. The molecule has 0 heterocycles. The molecular weight excluding hydrogens is 1140 g/mol. The number of hydrogen-bond acceptors (Lipinski definition) is 15. The number of carbonyl (C=O) groups excluding carboxylic acids is 4. The Balaban J connectivity index is 5.26. The third kappa shape index (κ3) is 58.4. The summed E-state index contributed by atoms with van der Waals surface area (Å²) in [6.07, 6.45) is 37.6. The third-order valence-electron chi connectivity index (χ3n) is 16.0. The molecule has 0 aromatic carbocycles. The predicted molar refractivity (Wildman–Crippen MR) is 344 cm³/mol. The third-order valence-corrected chi connectivity index (χ3v) is 17.9. The minimum atomic E-state index is -4.95. The molecule has 0 saturated carbocycles. The first kappa shape index (κ1) is 84.1. The van der Waals surface area contributed by atoms with Crippen molar-refractivity contribution in [3.63, 3.8) is 0 Å². The Morgan fingerprint density at radius 2 is 0.558 bits per heavy atom. The van der Waals surface area contributed by atoms with Crippen LogP contribution in [0.1, 0.15) is 325 Å². The number of rotatable bonds is 64. The second-order valence-corrected chi connectivity index (χ2v) is 28.6. The minimum Gasteiger partial charge on any atom is -0.462 e. The summed E-state index contributed by atoms with van der Waals surface area (Å²) in [6, 6.07) is 0. The van der Waals surface area contributed by atoms with Crippen molar-refractivity contribution in [2.75, 3.05) is 39.6 Å². The van der Waals surface area contributed by atoms with E-state index in [4.69, 9.17) is 37.0 Å². The molecule has 0 aromatic heterocycles. The largest absolute Gasteiger partial charge is 0.472 e. The maximum absolute atomic E-state index is 13.0. The Hall–Kier alpha value is -1.94. The summed E-state index contributed by atoms with van der Waals surface area (Å²) in [4.78, 5) is 72.4. The van der Waals surface area contributed by atoms with Gasteiger partial charge in [-0.25, -0.2) is 9.13 Å². The van der Waals surface area contributed by atoms with E-state index in [1.807, 2.05) is 0 Å². The molecular formula is C67H130O17P2. The molecule has 17 nitrogen and oxygen atoms in total. The number of phosphoric ester groups is 2. The zero-order chi connectivity index (χ0) is 63.9. The van der Waals surface area contributed by atoms with Crippen LogP contribution in [0.25, 0.3) is 0 Å². The number of esters is 4. The SMILES string of the molecule is CCC(C)CCCCCCCCC(=O)OC[C@H](COP(=O)(O)OC[C@@H](O)COP(=O)(O)OC[C@@H](COC(=O)CCCCCCCCC(C)CC)OC(=O)CCCCCCCCCCC(C)C)OC(=O)CCCCCCCCCCCCCCC(C)C. The summed E-state index contributed by atoms with van der Waals surface area (Å²) in [6.45, 7) is 14.0. The average molecular weight is 1270 g/mol. The number of aliphatic hydroxyl groups excluding tert-OH is 1. The lowest BCUT2D eigenvalue weighted by atomic mass is 10.00. The van der Waals surface area contributed by atoms with Crippen LogP contribution >= 0.6 is 15.6 Å². The Labute approximate surface area is 524 Å². The lowest BCUT2D eigenvalue weighted by Crippen LogP contribution is -2.30. The van der Waals surface area contributed by atoms with Crippen LogP contribution in [-0.2, 0) is 65.4 Å². The van der Waals surface area contributed by atoms with Crippen LogP contribution in [0.15, 0.2) is 0 Å². The van der Waals surface area contributed by atoms with Crippen LogP contribution in [-0.4, -0.2) is 96.7 Å². The van der Waals surface area contributed by atoms with Crippen molar-refractivity contribution in [2.45, 2.75) is 343 Å². The molecule has 7 atom stereocenters. The molecule has 4 unspecified atom stereocenters. The van der Waals surface area contributed by atoms with E-state index >= 15 is 0 Å². The quantitative estimate of drug-likeness (QED) is 0.0222. The van der Waals surface area contributed by atoms with Crippen LogP contribution in [0.2, 0.25) is 0 Å². The van der Waals surface area contributed by atoms with E-state index in [0.29, 0.717) is 25.7 Å². The lowest BCUT2D eigenvalue weighted by Gasteiger charge is -2.21. The normalized spacial score (nSPS) is 15.0. The Morgan fingerprint density at radius 1 is 0.326 bits per heavy atom. The molecule has 0 spiro atoms. The Kier molecular flexibility index (Phi) is 55.7. The number of carbonyl (C=O) groups is 4. The van der Waals surface area contributed by atoms with Crippen molar-refractivity contribution in [1.29, 1.82) is 0 Å². The second kappa shape index (κ2) is 57.0. The van der Waals surface area contributed by atoms with Crippen molar-refractivity contribution >= 4 is 39.5 Å². The van der Waals surface area contributed by atoms with E-state index in [-0.39, 0.29) is 25.7 Å². The van der Waals surface area contributed by atoms with E-state index in [9.17, 15) is 43.2 Å². The molecule has 0 bridgehead atoms. The predicted octanol–water partition coefficient (Wildman–Crippen LogP) is 18.5. The van der Waals surface area contributed by atoms with Gasteiger partial charge in [-0.2, -0.15) is 0 Å². The van der Waals surface area contributed by atoms with Crippen LogP contribution in [0.4, 0.5) is 0 Å². The Morgan fingerprint density at radius 3 is 0.826 bits per heavy atom. The van der Waals surface area contributed by atoms with E-state index in [2.05, 4.69) is 55.4 Å². The van der Waals surface area contributed by atoms with Gasteiger partial charge in [-0.15, -0.1) is 0 Å². The van der Waals surface area contributed by atoms with Gasteiger partial charge in [0.25, 0.3) is 0 Å². The fourth-order valence-corrected chi connectivity index (χ4v) is 11.5. The highest BCUT2D eigenvalue weighted by molar-refractivity contribution is 7.47. The van der Waals surface area contributed by atoms with Crippen molar-refractivity contribution in [2.24, 2.45) is 23.7 Å². The zero-order valence-corrected chi connectivity index (χ0v) is 57.7. The molecule has 0 radical (unpaired) electrons.